The number of methoxy groups -OCH3 is 4. The van der Waals surface area contributed by atoms with Crippen LogP contribution < -0.4 is 33.5 Å². The van der Waals surface area contributed by atoms with E-state index in [1.54, 1.807) is 73.6 Å². The quantitative estimate of drug-likeness (QED) is 0.164. The van der Waals surface area contributed by atoms with E-state index in [0.29, 0.717) is 76.7 Å². The van der Waals surface area contributed by atoms with Crippen LogP contribution in [0.1, 0.15) is 27.7 Å². The molecule has 326 valence electrons. The van der Waals surface area contributed by atoms with Crippen LogP contribution in [0.3, 0.4) is 0 Å². The zero-order valence-corrected chi connectivity index (χ0v) is 35.9. The number of ether oxygens (including phenoxy) is 7. The number of aliphatic hydroxyl groups excluding tert-OH is 1. The zero-order valence-electron chi connectivity index (χ0n) is 35.9. The van der Waals surface area contributed by atoms with Crippen LogP contribution in [-0.2, 0) is 19.1 Å². The van der Waals surface area contributed by atoms with E-state index in [2.05, 4.69) is 29.9 Å². The molecular formula is C44H50N8O10. The van der Waals surface area contributed by atoms with Crippen LogP contribution in [0.25, 0.3) is 32.8 Å². The summed E-state index contributed by atoms with van der Waals surface area (Å²) in [6, 6.07) is 14.8. The highest BCUT2D eigenvalue weighted by Gasteiger charge is 2.53. The Bertz CT molecular complexity index is 2600. The SMILES string of the molecule is CCOC(=O)C1(C)CN(c2ncnc3cc(OC)c(OC)cc23)CC1O.CCOC(=O)C1(C)CN(c2ncnc3cc(OC)c(OC)cc23)CC1Oc1cnc2ccccc2n1. The standard InChI is InChI=1S/C26H27N5O5.C18H23N3O5/c1-5-35-25(32)26(2)14-31(13-22(26)36-23-12-27-17-8-6-7-9-18(17)30-23)24-16-10-20(33-3)21(34-4)11-19(16)28-15-29-24;1-5-26-17(23)18(2)9-21(8-15(18)22)16-11-6-13(24-3)14(25-4)7-12(11)19-10-20-16/h6-12,15,22H,5,13-14H2,1-4H3;6-7,10,15,22H,5,8-9H2,1-4H3. The van der Waals surface area contributed by atoms with Gasteiger partial charge in [-0.25, -0.2) is 29.9 Å². The smallest absolute Gasteiger partial charge is 0.317 e. The normalized spacial score (nSPS) is 20.7. The van der Waals surface area contributed by atoms with Gasteiger partial charge >= 0.3 is 11.9 Å². The Balaban J connectivity index is 0.000000197. The summed E-state index contributed by atoms with van der Waals surface area (Å²) >= 11 is 0. The molecule has 18 heteroatoms. The van der Waals surface area contributed by atoms with Gasteiger partial charge in [-0.1, -0.05) is 12.1 Å². The van der Waals surface area contributed by atoms with E-state index in [1.165, 1.54) is 12.7 Å². The summed E-state index contributed by atoms with van der Waals surface area (Å²) in [5, 5.41) is 12.0. The van der Waals surface area contributed by atoms with Crippen LogP contribution in [0.2, 0.25) is 0 Å². The molecule has 0 bridgehead atoms. The van der Waals surface area contributed by atoms with Crippen LogP contribution in [0, 0.1) is 10.8 Å². The molecule has 4 atom stereocenters. The van der Waals surface area contributed by atoms with Crippen molar-refractivity contribution >= 4 is 56.4 Å². The molecule has 0 amide bonds. The number of esters is 2. The number of nitrogens with zero attached hydrogens (tertiary/aromatic N) is 8. The lowest BCUT2D eigenvalue weighted by atomic mass is 9.87. The largest absolute Gasteiger partial charge is 0.493 e. The van der Waals surface area contributed by atoms with Crippen molar-refractivity contribution in [3.63, 3.8) is 0 Å². The highest BCUT2D eigenvalue weighted by atomic mass is 16.5. The van der Waals surface area contributed by atoms with Gasteiger partial charge in [0.25, 0.3) is 0 Å². The molecule has 5 heterocycles. The molecule has 2 fully saturated rings. The van der Waals surface area contributed by atoms with E-state index in [1.807, 2.05) is 47.1 Å². The molecule has 3 aromatic carbocycles. The molecule has 0 saturated carbocycles. The van der Waals surface area contributed by atoms with Crippen molar-refractivity contribution in [1.29, 1.82) is 0 Å². The minimum absolute atomic E-state index is 0.268. The maximum Gasteiger partial charge on any atom is 0.317 e. The molecule has 2 aliphatic heterocycles. The zero-order chi connectivity index (χ0) is 44.2. The third-order valence-electron chi connectivity index (χ3n) is 11.3. The number of β-amino-alcohol motifs (C(OH)–C–C–N with tert-alkyl or cyclic N) is 1. The molecular weight excluding hydrogens is 801 g/mol. The van der Waals surface area contributed by atoms with E-state index >= 15 is 0 Å². The minimum atomic E-state index is -1.01. The fraction of sp³-hybridized carbons (Fsp3) is 0.409. The number of fused-ring (bicyclic) bond motifs is 3. The van der Waals surface area contributed by atoms with E-state index in [9.17, 15) is 14.7 Å². The average molecular weight is 851 g/mol. The fourth-order valence-electron chi connectivity index (χ4n) is 7.81. The molecule has 1 N–H and O–H groups in total. The van der Waals surface area contributed by atoms with Crippen molar-refractivity contribution in [3.05, 3.63) is 67.4 Å². The van der Waals surface area contributed by atoms with Gasteiger partial charge in [0.05, 0.1) is 82.6 Å². The summed E-state index contributed by atoms with van der Waals surface area (Å²) in [4.78, 5) is 56.0. The van der Waals surface area contributed by atoms with Gasteiger partial charge in [-0.3, -0.25) is 9.59 Å². The molecule has 0 spiro atoms. The summed E-state index contributed by atoms with van der Waals surface area (Å²) in [7, 11) is 6.28. The molecule has 4 unspecified atom stereocenters. The number of para-hydroxylation sites is 2. The molecule has 3 aromatic heterocycles. The maximum atomic E-state index is 13.2. The Hall–Kier alpha value is -6.82. The van der Waals surface area contributed by atoms with Gasteiger partial charge in [0.15, 0.2) is 23.0 Å². The van der Waals surface area contributed by atoms with Crippen LogP contribution in [-0.4, -0.2) is 127 Å². The summed E-state index contributed by atoms with van der Waals surface area (Å²) in [6.45, 7) is 8.92. The lowest BCUT2D eigenvalue weighted by Crippen LogP contribution is -2.43. The van der Waals surface area contributed by atoms with Crippen molar-refractivity contribution in [3.8, 4) is 28.9 Å². The number of aromatic nitrogens is 6. The summed E-state index contributed by atoms with van der Waals surface area (Å²) < 4.78 is 38.5. The Morgan fingerprint density at radius 2 is 1.15 bits per heavy atom. The Morgan fingerprint density at radius 3 is 1.68 bits per heavy atom. The van der Waals surface area contributed by atoms with Crippen molar-refractivity contribution in [2.45, 2.75) is 39.9 Å². The number of benzene rings is 3. The second-order valence-electron chi connectivity index (χ2n) is 15.2. The first-order valence-electron chi connectivity index (χ1n) is 20.1. The predicted octanol–water partition coefficient (Wildman–Crippen LogP) is 4.82. The number of hydrogen-bond acceptors (Lipinski definition) is 18. The lowest BCUT2D eigenvalue weighted by molar-refractivity contribution is -0.158. The van der Waals surface area contributed by atoms with Gasteiger partial charge in [0.2, 0.25) is 5.88 Å². The number of rotatable bonds is 12. The van der Waals surface area contributed by atoms with Crippen LogP contribution >= 0.6 is 0 Å². The summed E-state index contributed by atoms with van der Waals surface area (Å²) in [5.41, 5.74) is 0.876. The second-order valence-corrected chi connectivity index (χ2v) is 15.2. The molecule has 6 aromatic rings. The molecule has 2 aliphatic rings. The molecule has 2 saturated heterocycles. The highest BCUT2D eigenvalue weighted by molar-refractivity contribution is 5.94. The highest BCUT2D eigenvalue weighted by Crippen LogP contribution is 2.42. The van der Waals surface area contributed by atoms with E-state index < -0.39 is 29.0 Å². The number of carbonyl (C=O) groups is 2. The van der Waals surface area contributed by atoms with E-state index in [4.69, 9.17) is 33.2 Å². The number of carbonyl (C=O) groups excluding carboxylic acids is 2. The van der Waals surface area contributed by atoms with E-state index in [0.717, 1.165) is 16.3 Å². The molecule has 8 rings (SSSR count). The Morgan fingerprint density at radius 1 is 0.661 bits per heavy atom. The van der Waals surface area contributed by atoms with Gasteiger partial charge in [0.1, 0.15) is 41.2 Å². The molecule has 0 aliphatic carbocycles. The maximum absolute atomic E-state index is 13.2. The van der Waals surface area contributed by atoms with Crippen molar-refractivity contribution < 1.29 is 47.9 Å². The monoisotopic (exact) mass is 850 g/mol. The summed E-state index contributed by atoms with van der Waals surface area (Å²) in [6.07, 6.45) is 3.11. The van der Waals surface area contributed by atoms with Crippen LogP contribution in [0.5, 0.6) is 28.9 Å². The van der Waals surface area contributed by atoms with Gasteiger partial charge in [0, 0.05) is 42.5 Å². The molecule has 62 heavy (non-hydrogen) atoms. The number of hydrogen-bond donors (Lipinski definition) is 1. The van der Waals surface area contributed by atoms with Gasteiger partial charge in [-0.2, -0.15) is 0 Å². The molecule has 0 radical (unpaired) electrons. The Labute approximate surface area is 358 Å². The average Bonchev–Trinajstić information content (AvgIpc) is 3.80. The number of aliphatic hydroxyl groups is 1. The van der Waals surface area contributed by atoms with Crippen molar-refractivity contribution in [2.24, 2.45) is 10.8 Å². The lowest BCUT2D eigenvalue weighted by Gasteiger charge is -2.27. The van der Waals surface area contributed by atoms with Crippen LogP contribution in [0.4, 0.5) is 11.6 Å². The van der Waals surface area contributed by atoms with Crippen molar-refractivity contribution in [1.82, 2.24) is 29.9 Å². The number of anilines is 2. The predicted molar refractivity (Wildman–Crippen MR) is 229 cm³/mol. The van der Waals surface area contributed by atoms with Crippen LogP contribution in [0.15, 0.2) is 67.4 Å². The topological polar surface area (TPSA) is 203 Å². The summed E-state index contributed by atoms with van der Waals surface area (Å²) in [5.74, 6) is 3.14. The minimum Gasteiger partial charge on any atom is -0.493 e. The van der Waals surface area contributed by atoms with Crippen molar-refractivity contribution in [2.75, 3.05) is 77.6 Å². The molecule has 18 nitrogen and oxygen atoms in total. The fourth-order valence-corrected chi connectivity index (χ4v) is 7.81. The Kier molecular flexibility index (Phi) is 12.6. The third kappa shape index (κ3) is 8.16. The van der Waals surface area contributed by atoms with E-state index in [-0.39, 0.29) is 25.7 Å². The second kappa shape index (κ2) is 18.0. The first kappa shape index (κ1) is 43.3. The van der Waals surface area contributed by atoms with Gasteiger partial charge in [-0.15, -0.1) is 0 Å². The third-order valence-corrected chi connectivity index (χ3v) is 11.3. The van der Waals surface area contributed by atoms with Gasteiger partial charge in [-0.05, 0) is 52.0 Å². The first-order valence-corrected chi connectivity index (χ1v) is 20.1. The first-order chi connectivity index (χ1) is 29.9. The van der Waals surface area contributed by atoms with Gasteiger partial charge < -0.3 is 48.1 Å².